The average molecular weight is 351 g/mol. The minimum Gasteiger partial charge on any atom is -0.357 e. The highest BCUT2D eigenvalue weighted by molar-refractivity contribution is 7.89. The molecule has 1 aromatic carbocycles. The monoisotopic (exact) mass is 351 g/mol. The van der Waals surface area contributed by atoms with E-state index < -0.39 is 21.1 Å². The maximum atomic E-state index is 12.4. The van der Waals surface area contributed by atoms with Crippen LogP contribution >= 0.6 is 11.3 Å². The normalized spacial score (nSPS) is 12.4. The van der Waals surface area contributed by atoms with E-state index in [1.165, 1.54) is 19.2 Å². The quantitative estimate of drug-likeness (QED) is 0.869. The standard InChI is InChI=1S/C12H12F3N3O2S2/c1-16-22(19,20)9-4-2-8(3-5-9)6-17-11-18-7-10(21-11)12(13,14)15/h2-5,7,16H,6H2,1H3,(H,17,18). The number of aromatic nitrogens is 1. The number of sulfonamides is 1. The Kier molecular flexibility index (Phi) is 4.73. The second-order valence-electron chi connectivity index (χ2n) is 4.23. The molecule has 0 unspecified atom stereocenters. The molecule has 22 heavy (non-hydrogen) atoms. The maximum Gasteiger partial charge on any atom is 0.427 e. The number of nitrogens with one attached hydrogen (secondary N) is 2. The third-order valence-corrected chi connectivity index (χ3v) is 5.16. The summed E-state index contributed by atoms with van der Waals surface area (Å²) in [4.78, 5) is 2.99. The Hall–Kier alpha value is -1.65. The van der Waals surface area contributed by atoms with E-state index in [0.29, 0.717) is 11.3 Å². The molecule has 0 radical (unpaired) electrons. The number of nitrogens with zero attached hydrogens (tertiary/aromatic N) is 1. The van der Waals surface area contributed by atoms with Gasteiger partial charge in [-0.25, -0.2) is 18.1 Å². The number of hydrogen-bond donors (Lipinski definition) is 2. The highest BCUT2D eigenvalue weighted by Crippen LogP contribution is 2.35. The lowest BCUT2D eigenvalue weighted by molar-refractivity contribution is -0.134. The van der Waals surface area contributed by atoms with Crippen molar-refractivity contribution >= 4 is 26.5 Å². The van der Waals surface area contributed by atoms with Crippen LogP contribution in [0.5, 0.6) is 0 Å². The first-order valence-electron chi connectivity index (χ1n) is 6.02. The Morgan fingerprint density at radius 2 is 1.86 bits per heavy atom. The van der Waals surface area contributed by atoms with Crippen molar-refractivity contribution in [3.05, 3.63) is 40.9 Å². The zero-order valence-electron chi connectivity index (χ0n) is 11.3. The molecule has 0 saturated heterocycles. The molecule has 2 N–H and O–H groups in total. The highest BCUT2D eigenvalue weighted by atomic mass is 32.2. The molecule has 1 heterocycles. The number of halogens is 3. The van der Waals surface area contributed by atoms with Gasteiger partial charge in [0.05, 0.1) is 11.1 Å². The molecule has 0 bridgehead atoms. The minimum absolute atomic E-state index is 0.118. The zero-order chi connectivity index (χ0) is 16.4. The molecule has 2 rings (SSSR count). The van der Waals surface area contributed by atoms with Gasteiger partial charge in [0.2, 0.25) is 10.0 Å². The molecule has 0 aliphatic heterocycles. The Morgan fingerprint density at radius 1 is 1.23 bits per heavy atom. The predicted molar refractivity (Wildman–Crippen MR) is 77.1 cm³/mol. The van der Waals surface area contributed by atoms with Crippen LogP contribution in [0.25, 0.3) is 0 Å². The fourth-order valence-electron chi connectivity index (χ4n) is 1.57. The summed E-state index contributed by atoms with van der Waals surface area (Å²) in [5.41, 5.74) is 0.721. The van der Waals surface area contributed by atoms with Crippen LogP contribution in [0.3, 0.4) is 0 Å². The molecule has 10 heteroatoms. The lowest BCUT2D eigenvalue weighted by Crippen LogP contribution is -2.18. The van der Waals surface area contributed by atoms with Crippen molar-refractivity contribution in [1.82, 2.24) is 9.71 Å². The number of rotatable bonds is 5. The predicted octanol–water partition coefficient (Wildman–Crippen LogP) is 2.68. The molecule has 120 valence electrons. The van der Waals surface area contributed by atoms with Gasteiger partial charge in [-0.1, -0.05) is 23.5 Å². The fraction of sp³-hybridized carbons (Fsp3) is 0.250. The van der Waals surface area contributed by atoms with Gasteiger partial charge in [-0.15, -0.1) is 0 Å². The van der Waals surface area contributed by atoms with E-state index in [0.717, 1.165) is 11.8 Å². The lowest BCUT2D eigenvalue weighted by atomic mass is 10.2. The number of hydrogen-bond acceptors (Lipinski definition) is 5. The number of thiazole rings is 1. The second-order valence-corrected chi connectivity index (χ2v) is 7.15. The summed E-state index contributed by atoms with van der Waals surface area (Å²) in [6, 6.07) is 6.00. The van der Waals surface area contributed by atoms with E-state index >= 15 is 0 Å². The van der Waals surface area contributed by atoms with Crippen molar-refractivity contribution in [1.29, 1.82) is 0 Å². The molecule has 0 fully saturated rings. The van der Waals surface area contributed by atoms with Crippen molar-refractivity contribution in [3.8, 4) is 0 Å². The molecule has 0 saturated carbocycles. The molecule has 2 aromatic rings. The van der Waals surface area contributed by atoms with Gasteiger partial charge in [0, 0.05) is 6.54 Å². The van der Waals surface area contributed by atoms with E-state index in [9.17, 15) is 21.6 Å². The number of alkyl halides is 3. The first-order valence-corrected chi connectivity index (χ1v) is 8.32. The van der Waals surface area contributed by atoms with Crippen LogP contribution in [0.1, 0.15) is 10.4 Å². The summed E-state index contributed by atoms with van der Waals surface area (Å²) in [5, 5.41) is 2.92. The molecule has 0 aliphatic carbocycles. The Morgan fingerprint density at radius 3 is 2.36 bits per heavy atom. The van der Waals surface area contributed by atoms with E-state index in [-0.39, 0.29) is 16.6 Å². The Labute approximate surface area is 129 Å². The Balaban J connectivity index is 2.02. The van der Waals surface area contributed by atoms with Crippen LogP contribution in [0, 0.1) is 0 Å². The van der Waals surface area contributed by atoms with E-state index in [4.69, 9.17) is 0 Å². The van der Waals surface area contributed by atoms with Crippen molar-refractivity contribution in [2.24, 2.45) is 0 Å². The number of benzene rings is 1. The van der Waals surface area contributed by atoms with Gasteiger partial charge in [-0.3, -0.25) is 0 Å². The second kappa shape index (κ2) is 6.23. The van der Waals surface area contributed by atoms with Crippen LogP contribution in [-0.2, 0) is 22.7 Å². The van der Waals surface area contributed by atoms with Crippen molar-refractivity contribution < 1.29 is 21.6 Å². The van der Waals surface area contributed by atoms with Crippen LogP contribution in [0.4, 0.5) is 18.3 Å². The highest BCUT2D eigenvalue weighted by Gasteiger charge is 2.33. The molecule has 1 aromatic heterocycles. The summed E-state index contributed by atoms with van der Waals surface area (Å²) in [7, 11) is -2.19. The Bertz CT molecular complexity index is 740. The van der Waals surface area contributed by atoms with E-state index in [1.54, 1.807) is 12.1 Å². The largest absolute Gasteiger partial charge is 0.427 e. The topological polar surface area (TPSA) is 71.1 Å². The first kappa shape index (κ1) is 16.7. The average Bonchev–Trinajstić information content (AvgIpc) is 2.94. The smallest absolute Gasteiger partial charge is 0.357 e. The zero-order valence-corrected chi connectivity index (χ0v) is 12.9. The third-order valence-electron chi connectivity index (χ3n) is 2.73. The van der Waals surface area contributed by atoms with Gasteiger partial charge in [-0.2, -0.15) is 13.2 Å². The van der Waals surface area contributed by atoms with Gasteiger partial charge in [0.1, 0.15) is 4.88 Å². The SMILES string of the molecule is CNS(=O)(=O)c1ccc(CNc2ncc(C(F)(F)F)s2)cc1. The maximum absolute atomic E-state index is 12.4. The summed E-state index contributed by atoms with van der Waals surface area (Å²) in [6.07, 6.45) is -3.63. The number of anilines is 1. The molecule has 0 spiro atoms. The van der Waals surface area contributed by atoms with Crippen molar-refractivity contribution in [2.45, 2.75) is 17.6 Å². The van der Waals surface area contributed by atoms with E-state index in [2.05, 4.69) is 15.0 Å². The van der Waals surface area contributed by atoms with Gasteiger partial charge in [0.25, 0.3) is 0 Å². The van der Waals surface area contributed by atoms with E-state index in [1.807, 2.05) is 0 Å². The van der Waals surface area contributed by atoms with Crippen molar-refractivity contribution in [2.75, 3.05) is 12.4 Å². The van der Waals surface area contributed by atoms with Crippen LogP contribution in [-0.4, -0.2) is 20.4 Å². The minimum atomic E-state index is -4.40. The fourth-order valence-corrected chi connectivity index (χ4v) is 2.98. The third kappa shape index (κ3) is 3.96. The van der Waals surface area contributed by atoms with Gasteiger partial charge >= 0.3 is 6.18 Å². The lowest BCUT2D eigenvalue weighted by Gasteiger charge is -2.05. The summed E-state index contributed by atoms with van der Waals surface area (Å²) in [5.74, 6) is 0. The molecular formula is C12H12F3N3O2S2. The molecule has 0 amide bonds. The summed E-state index contributed by atoms with van der Waals surface area (Å²) < 4.78 is 62.6. The summed E-state index contributed by atoms with van der Waals surface area (Å²) in [6.45, 7) is 0.241. The molecular weight excluding hydrogens is 339 g/mol. The molecule has 5 nitrogen and oxygen atoms in total. The summed E-state index contributed by atoms with van der Waals surface area (Å²) >= 11 is 0.517. The van der Waals surface area contributed by atoms with Gasteiger partial charge < -0.3 is 5.32 Å². The van der Waals surface area contributed by atoms with Gasteiger partial charge in [0.15, 0.2) is 5.13 Å². The molecule has 0 atom stereocenters. The van der Waals surface area contributed by atoms with Crippen LogP contribution in [0.15, 0.2) is 35.4 Å². The van der Waals surface area contributed by atoms with Crippen molar-refractivity contribution in [3.63, 3.8) is 0 Å². The van der Waals surface area contributed by atoms with Crippen LogP contribution in [0.2, 0.25) is 0 Å². The van der Waals surface area contributed by atoms with Gasteiger partial charge in [-0.05, 0) is 24.7 Å². The molecule has 0 aliphatic rings. The van der Waals surface area contributed by atoms with Crippen LogP contribution < -0.4 is 10.0 Å². The first-order chi connectivity index (χ1) is 10.2.